The highest BCUT2D eigenvalue weighted by molar-refractivity contribution is 5.94. The first-order valence-electron chi connectivity index (χ1n) is 9.49. The van der Waals surface area contributed by atoms with Crippen molar-refractivity contribution >= 4 is 22.8 Å². The Morgan fingerprint density at radius 3 is 2.61 bits per heavy atom. The van der Waals surface area contributed by atoms with Gasteiger partial charge in [-0.05, 0) is 68.7 Å². The average molecular weight is 379 g/mol. The molecule has 1 saturated heterocycles. The summed E-state index contributed by atoms with van der Waals surface area (Å²) in [6.45, 7) is 3.08. The molecule has 6 heteroatoms. The van der Waals surface area contributed by atoms with Gasteiger partial charge in [-0.1, -0.05) is 0 Å². The standard InChI is InChI=1S/C22H22FN3O2/c1-14-5-3-4-12-26(14)21-20(15-6-9-17(23)10-7-15)24-18-11-8-16(22(27)28-2)13-19(18)25-21/h6-11,13-14H,3-5,12H2,1-2H3. The lowest BCUT2D eigenvalue weighted by Gasteiger charge is -2.35. The molecule has 1 aliphatic rings. The summed E-state index contributed by atoms with van der Waals surface area (Å²) < 4.78 is 18.3. The molecule has 0 bridgehead atoms. The van der Waals surface area contributed by atoms with Gasteiger partial charge < -0.3 is 9.64 Å². The average Bonchev–Trinajstić information content (AvgIpc) is 2.73. The van der Waals surface area contributed by atoms with Crippen LogP contribution in [0.15, 0.2) is 42.5 Å². The molecule has 1 aliphatic heterocycles. The number of hydrogen-bond acceptors (Lipinski definition) is 5. The van der Waals surface area contributed by atoms with Crippen LogP contribution in [-0.4, -0.2) is 35.6 Å². The molecule has 1 atom stereocenters. The van der Waals surface area contributed by atoms with Gasteiger partial charge in [0.05, 0.1) is 23.7 Å². The van der Waals surface area contributed by atoms with E-state index in [0.717, 1.165) is 36.5 Å². The number of carbonyl (C=O) groups is 1. The van der Waals surface area contributed by atoms with Crippen molar-refractivity contribution in [3.05, 3.63) is 53.8 Å². The van der Waals surface area contributed by atoms with Gasteiger partial charge in [0, 0.05) is 18.2 Å². The predicted octanol–water partition coefficient (Wildman–Crippen LogP) is 4.60. The molecule has 3 aromatic rings. The Labute approximate surface area is 163 Å². The molecule has 1 fully saturated rings. The van der Waals surface area contributed by atoms with Crippen LogP contribution < -0.4 is 4.90 Å². The van der Waals surface area contributed by atoms with Crippen LogP contribution in [0.3, 0.4) is 0 Å². The largest absolute Gasteiger partial charge is 0.465 e. The van der Waals surface area contributed by atoms with Crippen LogP contribution in [0.5, 0.6) is 0 Å². The summed E-state index contributed by atoms with van der Waals surface area (Å²) in [5.74, 6) is 0.0839. The number of benzene rings is 2. The zero-order valence-electron chi connectivity index (χ0n) is 16.0. The maximum atomic E-state index is 13.4. The zero-order chi connectivity index (χ0) is 19.7. The van der Waals surface area contributed by atoms with Crippen molar-refractivity contribution < 1.29 is 13.9 Å². The first kappa shape index (κ1) is 18.3. The van der Waals surface area contributed by atoms with Crippen LogP contribution in [0.4, 0.5) is 10.2 Å². The van der Waals surface area contributed by atoms with Crippen LogP contribution in [0.25, 0.3) is 22.3 Å². The van der Waals surface area contributed by atoms with E-state index in [1.54, 1.807) is 30.3 Å². The maximum absolute atomic E-state index is 13.4. The third-order valence-electron chi connectivity index (χ3n) is 5.26. The van der Waals surface area contributed by atoms with Gasteiger partial charge in [0.2, 0.25) is 0 Å². The zero-order valence-corrected chi connectivity index (χ0v) is 16.0. The van der Waals surface area contributed by atoms with E-state index in [9.17, 15) is 9.18 Å². The molecular weight excluding hydrogens is 357 g/mol. The minimum atomic E-state index is -0.404. The van der Waals surface area contributed by atoms with Gasteiger partial charge in [0.25, 0.3) is 0 Å². The molecule has 0 spiro atoms. The van der Waals surface area contributed by atoms with E-state index in [-0.39, 0.29) is 5.82 Å². The fraction of sp³-hybridized carbons (Fsp3) is 0.318. The van der Waals surface area contributed by atoms with Gasteiger partial charge in [0.15, 0.2) is 5.82 Å². The first-order chi connectivity index (χ1) is 13.6. The van der Waals surface area contributed by atoms with Crippen molar-refractivity contribution in [2.75, 3.05) is 18.6 Å². The van der Waals surface area contributed by atoms with Gasteiger partial charge in [-0.3, -0.25) is 0 Å². The second kappa shape index (κ2) is 7.54. The summed E-state index contributed by atoms with van der Waals surface area (Å²) in [4.78, 5) is 23.9. The number of esters is 1. The third kappa shape index (κ3) is 3.42. The molecular formula is C22H22FN3O2. The quantitative estimate of drug-likeness (QED) is 0.623. The number of anilines is 1. The van der Waals surface area contributed by atoms with E-state index in [1.165, 1.54) is 25.7 Å². The Morgan fingerprint density at radius 2 is 1.89 bits per heavy atom. The monoisotopic (exact) mass is 379 g/mol. The minimum absolute atomic E-state index is 0.284. The summed E-state index contributed by atoms with van der Waals surface area (Å²) in [5.41, 5.74) is 3.31. The summed E-state index contributed by atoms with van der Waals surface area (Å²) in [6.07, 6.45) is 3.37. The van der Waals surface area contributed by atoms with E-state index in [0.29, 0.717) is 22.6 Å². The fourth-order valence-electron chi connectivity index (χ4n) is 3.70. The predicted molar refractivity (Wildman–Crippen MR) is 107 cm³/mol. The summed E-state index contributed by atoms with van der Waals surface area (Å²) in [6, 6.07) is 11.8. The molecule has 144 valence electrons. The van der Waals surface area contributed by atoms with Crippen molar-refractivity contribution in [3.8, 4) is 11.3 Å². The maximum Gasteiger partial charge on any atom is 0.337 e. The van der Waals surface area contributed by atoms with Crippen LogP contribution in [0.1, 0.15) is 36.5 Å². The smallest absolute Gasteiger partial charge is 0.337 e. The molecule has 2 heterocycles. The lowest BCUT2D eigenvalue weighted by atomic mass is 10.0. The summed E-state index contributed by atoms with van der Waals surface area (Å²) in [5, 5.41) is 0. The van der Waals surface area contributed by atoms with Crippen molar-refractivity contribution in [1.82, 2.24) is 9.97 Å². The number of aromatic nitrogens is 2. The van der Waals surface area contributed by atoms with E-state index < -0.39 is 5.97 Å². The number of piperidine rings is 1. The van der Waals surface area contributed by atoms with Crippen molar-refractivity contribution in [3.63, 3.8) is 0 Å². The minimum Gasteiger partial charge on any atom is -0.465 e. The van der Waals surface area contributed by atoms with Crippen LogP contribution in [-0.2, 0) is 4.74 Å². The Morgan fingerprint density at radius 1 is 1.11 bits per heavy atom. The highest BCUT2D eigenvalue weighted by Gasteiger charge is 2.24. The van der Waals surface area contributed by atoms with E-state index in [1.807, 2.05) is 0 Å². The summed E-state index contributed by atoms with van der Waals surface area (Å²) >= 11 is 0. The van der Waals surface area contributed by atoms with Gasteiger partial charge in [-0.25, -0.2) is 19.2 Å². The lowest BCUT2D eigenvalue weighted by molar-refractivity contribution is 0.0601. The van der Waals surface area contributed by atoms with Gasteiger partial charge in [0.1, 0.15) is 11.5 Å². The second-order valence-electron chi connectivity index (χ2n) is 7.14. The van der Waals surface area contributed by atoms with Gasteiger partial charge in [-0.15, -0.1) is 0 Å². The molecule has 28 heavy (non-hydrogen) atoms. The number of methoxy groups -OCH3 is 1. The van der Waals surface area contributed by atoms with Crippen LogP contribution >= 0.6 is 0 Å². The number of hydrogen-bond donors (Lipinski definition) is 0. The second-order valence-corrected chi connectivity index (χ2v) is 7.14. The Balaban J connectivity index is 1.90. The molecule has 1 unspecified atom stereocenters. The SMILES string of the molecule is COC(=O)c1ccc2nc(-c3ccc(F)cc3)c(N3CCCCC3C)nc2c1. The van der Waals surface area contributed by atoms with E-state index in [2.05, 4.69) is 11.8 Å². The molecule has 2 aromatic carbocycles. The number of rotatable bonds is 3. The van der Waals surface area contributed by atoms with Crippen LogP contribution in [0.2, 0.25) is 0 Å². The van der Waals surface area contributed by atoms with E-state index in [4.69, 9.17) is 14.7 Å². The Bertz CT molecular complexity index is 1020. The number of ether oxygens (including phenoxy) is 1. The molecule has 0 amide bonds. The molecule has 0 radical (unpaired) electrons. The fourth-order valence-corrected chi connectivity index (χ4v) is 3.70. The molecule has 0 saturated carbocycles. The summed E-state index contributed by atoms with van der Waals surface area (Å²) in [7, 11) is 1.36. The topological polar surface area (TPSA) is 55.3 Å². The number of fused-ring (bicyclic) bond motifs is 1. The number of halogens is 1. The Hall–Kier alpha value is -3.02. The van der Waals surface area contributed by atoms with Crippen molar-refractivity contribution in [2.24, 2.45) is 0 Å². The highest BCUT2D eigenvalue weighted by Crippen LogP contribution is 2.33. The molecule has 5 nitrogen and oxygen atoms in total. The van der Waals surface area contributed by atoms with Gasteiger partial charge in [-0.2, -0.15) is 0 Å². The number of carbonyl (C=O) groups excluding carboxylic acids is 1. The van der Waals surface area contributed by atoms with E-state index >= 15 is 0 Å². The van der Waals surface area contributed by atoms with Crippen LogP contribution in [0, 0.1) is 5.82 Å². The van der Waals surface area contributed by atoms with Crippen molar-refractivity contribution in [1.29, 1.82) is 0 Å². The third-order valence-corrected chi connectivity index (χ3v) is 5.26. The number of nitrogens with zero attached hydrogens (tertiary/aromatic N) is 3. The first-order valence-corrected chi connectivity index (χ1v) is 9.49. The Kier molecular flexibility index (Phi) is 4.94. The molecule has 4 rings (SSSR count). The normalized spacial score (nSPS) is 17.0. The molecule has 0 N–H and O–H groups in total. The lowest BCUT2D eigenvalue weighted by Crippen LogP contribution is -2.38. The highest BCUT2D eigenvalue weighted by atomic mass is 19.1. The van der Waals surface area contributed by atoms with Crippen molar-refractivity contribution in [2.45, 2.75) is 32.2 Å². The molecule has 0 aliphatic carbocycles. The molecule has 1 aromatic heterocycles. The van der Waals surface area contributed by atoms with Gasteiger partial charge >= 0.3 is 5.97 Å².